The van der Waals surface area contributed by atoms with E-state index in [0.717, 1.165) is 12.0 Å². The zero-order valence-corrected chi connectivity index (χ0v) is 12.1. The molecular weight excluding hydrogens is 266 g/mol. The average molecular weight is 285 g/mol. The number of carbonyl (C=O) groups is 1. The average Bonchev–Trinajstić information content (AvgIpc) is 2.35. The topological polar surface area (TPSA) is 83.5 Å². The van der Waals surface area contributed by atoms with Crippen LogP contribution in [0, 0.1) is 5.92 Å². The number of hydrogen-bond acceptors (Lipinski definition) is 3. The largest absolute Gasteiger partial charge is 0.480 e. The predicted octanol–water partition coefficient (Wildman–Crippen LogP) is 1.64. The van der Waals surface area contributed by atoms with Gasteiger partial charge < -0.3 is 5.11 Å². The van der Waals surface area contributed by atoms with E-state index in [2.05, 4.69) is 4.72 Å². The van der Waals surface area contributed by atoms with Crippen LogP contribution in [0.5, 0.6) is 0 Å². The summed E-state index contributed by atoms with van der Waals surface area (Å²) in [5, 5.41) is 9.03. The summed E-state index contributed by atoms with van der Waals surface area (Å²) in [7, 11) is -3.81. The first-order chi connectivity index (χ1) is 8.77. The Morgan fingerprint density at radius 1 is 1.37 bits per heavy atom. The lowest BCUT2D eigenvalue weighted by Crippen LogP contribution is -2.44. The number of aryl methyl sites for hydroxylation is 1. The van der Waals surface area contributed by atoms with Crippen LogP contribution in [0.3, 0.4) is 0 Å². The molecule has 0 aromatic heterocycles. The molecule has 5 nitrogen and oxygen atoms in total. The van der Waals surface area contributed by atoms with E-state index in [-0.39, 0.29) is 10.8 Å². The Kier molecular flexibility index (Phi) is 5.08. The summed E-state index contributed by atoms with van der Waals surface area (Å²) in [6, 6.07) is 5.37. The summed E-state index contributed by atoms with van der Waals surface area (Å²) >= 11 is 0. The monoisotopic (exact) mass is 285 g/mol. The molecule has 1 atom stereocenters. The fraction of sp³-hybridized carbons (Fsp3) is 0.462. The number of hydrogen-bond donors (Lipinski definition) is 2. The van der Waals surface area contributed by atoms with E-state index in [9.17, 15) is 13.2 Å². The maximum atomic E-state index is 12.1. The summed E-state index contributed by atoms with van der Waals surface area (Å²) in [4.78, 5) is 11.1. The highest BCUT2D eigenvalue weighted by atomic mass is 32.2. The van der Waals surface area contributed by atoms with E-state index < -0.39 is 22.0 Å². The van der Waals surface area contributed by atoms with Crippen LogP contribution >= 0.6 is 0 Å². The second kappa shape index (κ2) is 6.16. The number of aliphatic carboxylic acids is 1. The first-order valence-corrected chi connectivity index (χ1v) is 7.60. The smallest absolute Gasteiger partial charge is 0.322 e. The summed E-state index contributed by atoms with van der Waals surface area (Å²) in [6.45, 7) is 5.24. The third-order valence-corrected chi connectivity index (χ3v) is 4.27. The molecule has 0 fully saturated rings. The van der Waals surface area contributed by atoms with E-state index in [1.54, 1.807) is 26.0 Å². The molecule has 0 heterocycles. The second-order valence-electron chi connectivity index (χ2n) is 4.68. The van der Waals surface area contributed by atoms with Crippen LogP contribution in [0.4, 0.5) is 0 Å². The van der Waals surface area contributed by atoms with E-state index in [1.165, 1.54) is 6.07 Å². The molecule has 0 aliphatic carbocycles. The molecule has 1 aromatic rings. The van der Waals surface area contributed by atoms with Crippen molar-refractivity contribution in [3.8, 4) is 0 Å². The van der Waals surface area contributed by atoms with E-state index in [1.807, 2.05) is 13.0 Å². The van der Waals surface area contributed by atoms with Gasteiger partial charge in [-0.2, -0.15) is 4.72 Å². The van der Waals surface area contributed by atoms with Gasteiger partial charge in [-0.05, 0) is 30.0 Å². The second-order valence-corrected chi connectivity index (χ2v) is 6.40. The third kappa shape index (κ3) is 4.04. The van der Waals surface area contributed by atoms with Crippen molar-refractivity contribution in [1.29, 1.82) is 0 Å². The van der Waals surface area contributed by atoms with Gasteiger partial charge in [-0.1, -0.05) is 32.9 Å². The fourth-order valence-corrected chi connectivity index (χ4v) is 3.05. The molecule has 0 amide bonds. The van der Waals surface area contributed by atoms with Gasteiger partial charge in [0.25, 0.3) is 0 Å². The van der Waals surface area contributed by atoms with Crippen LogP contribution in [0.1, 0.15) is 26.3 Å². The maximum Gasteiger partial charge on any atom is 0.322 e. The van der Waals surface area contributed by atoms with Gasteiger partial charge in [0.05, 0.1) is 4.90 Å². The highest BCUT2D eigenvalue weighted by Crippen LogP contribution is 2.14. The third-order valence-electron chi connectivity index (χ3n) is 2.83. The molecule has 0 aliphatic heterocycles. The highest BCUT2D eigenvalue weighted by Gasteiger charge is 2.27. The molecule has 1 aromatic carbocycles. The van der Waals surface area contributed by atoms with Gasteiger partial charge in [0.15, 0.2) is 0 Å². The Hall–Kier alpha value is -1.40. The minimum Gasteiger partial charge on any atom is -0.480 e. The maximum absolute atomic E-state index is 12.1. The van der Waals surface area contributed by atoms with Crippen molar-refractivity contribution in [2.75, 3.05) is 0 Å². The number of nitrogens with one attached hydrogen (secondary N) is 1. The summed E-state index contributed by atoms with van der Waals surface area (Å²) < 4.78 is 26.5. The number of carboxylic acid groups (broad SMARTS) is 1. The van der Waals surface area contributed by atoms with Gasteiger partial charge >= 0.3 is 5.97 Å². The zero-order chi connectivity index (χ0) is 14.6. The van der Waals surface area contributed by atoms with Crippen LogP contribution in [-0.4, -0.2) is 25.5 Å². The van der Waals surface area contributed by atoms with E-state index in [0.29, 0.717) is 0 Å². The number of carboxylic acids is 1. The van der Waals surface area contributed by atoms with Crippen LogP contribution in [0.15, 0.2) is 29.2 Å². The fourth-order valence-electron chi connectivity index (χ4n) is 1.64. The van der Waals surface area contributed by atoms with Gasteiger partial charge in [0, 0.05) is 0 Å². The number of rotatable bonds is 6. The lowest BCUT2D eigenvalue weighted by Gasteiger charge is -2.18. The Morgan fingerprint density at radius 2 is 2.00 bits per heavy atom. The van der Waals surface area contributed by atoms with Crippen molar-refractivity contribution in [1.82, 2.24) is 4.72 Å². The molecule has 1 unspecified atom stereocenters. The van der Waals surface area contributed by atoms with Crippen LogP contribution in [0.25, 0.3) is 0 Å². The van der Waals surface area contributed by atoms with Gasteiger partial charge in [-0.3, -0.25) is 4.79 Å². The predicted molar refractivity (Wildman–Crippen MR) is 72.4 cm³/mol. The highest BCUT2D eigenvalue weighted by molar-refractivity contribution is 7.89. The number of sulfonamides is 1. The Balaban J connectivity index is 3.06. The zero-order valence-electron chi connectivity index (χ0n) is 11.3. The molecule has 106 valence electrons. The molecule has 0 spiro atoms. The van der Waals surface area contributed by atoms with E-state index >= 15 is 0 Å². The SMILES string of the molecule is CCc1cccc(S(=O)(=O)NC(C(=O)O)C(C)C)c1. The van der Waals surface area contributed by atoms with Gasteiger partial charge in [-0.25, -0.2) is 8.42 Å². The Labute approximate surface area is 113 Å². The lowest BCUT2D eigenvalue weighted by atomic mass is 10.1. The quantitative estimate of drug-likeness (QED) is 0.832. The first kappa shape index (κ1) is 15.7. The molecule has 0 aliphatic rings. The number of benzene rings is 1. The minimum atomic E-state index is -3.81. The van der Waals surface area contributed by atoms with Crippen LogP contribution in [-0.2, 0) is 21.2 Å². The Morgan fingerprint density at radius 3 is 2.47 bits per heavy atom. The van der Waals surface area contributed by atoms with Gasteiger partial charge in [-0.15, -0.1) is 0 Å². The molecule has 1 rings (SSSR count). The molecule has 0 bridgehead atoms. The van der Waals surface area contributed by atoms with Crippen molar-refractivity contribution in [3.05, 3.63) is 29.8 Å². The van der Waals surface area contributed by atoms with Crippen molar-refractivity contribution in [2.24, 2.45) is 5.92 Å². The van der Waals surface area contributed by atoms with Crippen molar-refractivity contribution >= 4 is 16.0 Å². The minimum absolute atomic E-state index is 0.0961. The first-order valence-electron chi connectivity index (χ1n) is 6.12. The molecule has 0 saturated heterocycles. The molecule has 0 radical (unpaired) electrons. The van der Waals surface area contributed by atoms with Crippen molar-refractivity contribution in [3.63, 3.8) is 0 Å². The summed E-state index contributed by atoms with van der Waals surface area (Å²) in [6.07, 6.45) is 0.718. The normalized spacial score (nSPS) is 13.5. The van der Waals surface area contributed by atoms with Crippen molar-refractivity contribution in [2.45, 2.75) is 38.1 Å². The summed E-state index contributed by atoms with van der Waals surface area (Å²) in [5.41, 5.74) is 0.888. The molecule has 6 heteroatoms. The Bertz CT molecular complexity index is 552. The lowest BCUT2D eigenvalue weighted by molar-refractivity contribution is -0.140. The molecular formula is C13H19NO4S. The standard InChI is InChI=1S/C13H19NO4S/c1-4-10-6-5-7-11(8-10)19(17,18)14-12(9(2)3)13(15)16/h5-9,12,14H,4H2,1-3H3,(H,15,16). The van der Waals surface area contributed by atoms with Crippen LogP contribution < -0.4 is 4.72 Å². The van der Waals surface area contributed by atoms with Crippen LogP contribution in [0.2, 0.25) is 0 Å². The molecule has 0 saturated carbocycles. The van der Waals surface area contributed by atoms with Gasteiger partial charge in [0.1, 0.15) is 6.04 Å². The van der Waals surface area contributed by atoms with E-state index in [4.69, 9.17) is 5.11 Å². The molecule has 2 N–H and O–H groups in total. The molecule has 19 heavy (non-hydrogen) atoms. The van der Waals surface area contributed by atoms with Crippen molar-refractivity contribution < 1.29 is 18.3 Å². The summed E-state index contributed by atoms with van der Waals surface area (Å²) in [5.74, 6) is -1.51. The van der Waals surface area contributed by atoms with Gasteiger partial charge in [0.2, 0.25) is 10.0 Å².